The third kappa shape index (κ3) is 6.89. The summed E-state index contributed by atoms with van der Waals surface area (Å²) in [5.41, 5.74) is 0.689. The molecule has 1 heterocycles. The topological polar surface area (TPSA) is 56.7 Å². The van der Waals surface area contributed by atoms with Crippen molar-refractivity contribution < 1.29 is 5.11 Å². The molecule has 1 aromatic rings. The first-order chi connectivity index (χ1) is 10.6. The lowest BCUT2D eigenvalue weighted by Crippen LogP contribution is -2.41. The van der Waals surface area contributed by atoms with Crippen LogP contribution in [0.25, 0.3) is 0 Å². The van der Waals surface area contributed by atoms with E-state index in [-0.39, 0.29) is 24.0 Å². The second-order valence-corrected chi connectivity index (χ2v) is 7.02. The van der Waals surface area contributed by atoms with Crippen molar-refractivity contribution in [3.8, 4) is 0 Å². The molecule has 4 nitrogen and oxygen atoms in total. The van der Waals surface area contributed by atoms with Gasteiger partial charge in [-0.1, -0.05) is 37.3 Å². The zero-order valence-corrected chi connectivity index (χ0v) is 17.1. The van der Waals surface area contributed by atoms with E-state index in [0.29, 0.717) is 12.5 Å². The molecule has 0 spiro atoms. The molecule has 1 aliphatic heterocycles. The van der Waals surface area contributed by atoms with Crippen LogP contribution in [0.15, 0.2) is 35.3 Å². The number of hydrogen-bond donors (Lipinski definition) is 3. The second kappa shape index (κ2) is 10.4. The third-order valence-corrected chi connectivity index (χ3v) is 5.14. The number of aliphatic imine (C=N–C) groups is 1. The van der Waals surface area contributed by atoms with Crippen molar-refractivity contribution in [3.63, 3.8) is 0 Å². The van der Waals surface area contributed by atoms with E-state index in [1.54, 1.807) is 11.8 Å². The van der Waals surface area contributed by atoms with Gasteiger partial charge in [-0.25, -0.2) is 0 Å². The monoisotopic (exact) mass is 449 g/mol. The largest absolute Gasteiger partial charge is 0.387 e. The van der Waals surface area contributed by atoms with Crippen molar-refractivity contribution in [2.24, 2.45) is 4.99 Å². The van der Waals surface area contributed by atoms with Gasteiger partial charge in [0.25, 0.3) is 0 Å². The summed E-state index contributed by atoms with van der Waals surface area (Å²) in [7, 11) is 0. The van der Waals surface area contributed by atoms with Gasteiger partial charge in [0.15, 0.2) is 5.96 Å². The lowest BCUT2D eigenvalue weighted by molar-refractivity contribution is 0.0778. The van der Waals surface area contributed by atoms with E-state index in [4.69, 9.17) is 0 Å². The zero-order valence-electron chi connectivity index (χ0n) is 13.9. The van der Waals surface area contributed by atoms with E-state index in [2.05, 4.69) is 53.7 Å². The van der Waals surface area contributed by atoms with Gasteiger partial charge in [-0.05, 0) is 30.6 Å². The van der Waals surface area contributed by atoms with Crippen molar-refractivity contribution >= 4 is 41.7 Å². The molecule has 0 aromatic heterocycles. The van der Waals surface area contributed by atoms with Crippen molar-refractivity contribution in [1.82, 2.24) is 10.6 Å². The highest BCUT2D eigenvalue weighted by molar-refractivity contribution is 14.0. The smallest absolute Gasteiger partial charge is 0.191 e. The SMILES string of the molecule is CCNC(=NCC1(O)CCSC1)NCC(C)c1ccccc1.I. The van der Waals surface area contributed by atoms with Gasteiger partial charge in [-0.3, -0.25) is 4.99 Å². The van der Waals surface area contributed by atoms with Gasteiger partial charge in [0.2, 0.25) is 0 Å². The van der Waals surface area contributed by atoms with Gasteiger partial charge in [0.1, 0.15) is 0 Å². The van der Waals surface area contributed by atoms with E-state index in [1.165, 1.54) is 5.56 Å². The van der Waals surface area contributed by atoms with Crippen LogP contribution in [0.1, 0.15) is 31.7 Å². The lowest BCUT2D eigenvalue weighted by atomic mass is 10.0. The first kappa shape index (κ1) is 20.6. The fourth-order valence-corrected chi connectivity index (χ4v) is 3.72. The van der Waals surface area contributed by atoms with Crippen LogP contribution in [0, 0.1) is 0 Å². The molecule has 2 rings (SSSR count). The van der Waals surface area contributed by atoms with E-state index >= 15 is 0 Å². The fourth-order valence-electron chi connectivity index (χ4n) is 2.44. The summed E-state index contributed by atoms with van der Waals surface area (Å²) >= 11 is 1.80. The van der Waals surface area contributed by atoms with Gasteiger partial charge in [0, 0.05) is 18.8 Å². The molecule has 23 heavy (non-hydrogen) atoms. The number of guanidine groups is 1. The molecular formula is C17H28IN3OS. The number of thioether (sulfide) groups is 1. The summed E-state index contributed by atoms with van der Waals surface area (Å²) < 4.78 is 0. The van der Waals surface area contributed by atoms with Crippen molar-refractivity contribution in [3.05, 3.63) is 35.9 Å². The fraction of sp³-hybridized carbons (Fsp3) is 0.588. The van der Waals surface area contributed by atoms with Crippen LogP contribution in [-0.2, 0) is 0 Å². The minimum absolute atomic E-state index is 0. The first-order valence-electron chi connectivity index (χ1n) is 8.00. The molecule has 0 bridgehead atoms. The molecule has 2 unspecified atom stereocenters. The zero-order chi connectivity index (χ0) is 15.8. The molecule has 0 radical (unpaired) electrons. The average molecular weight is 449 g/mol. The van der Waals surface area contributed by atoms with E-state index in [1.807, 2.05) is 6.07 Å². The Labute approximate surface area is 160 Å². The van der Waals surface area contributed by atoms with Crippen molar-refractivity contribution in [2.45, 2.75) is 31.8 Å². The minimum atomic E-state index is -0.627. The molecular weight excluding hydrogens is 421 g/mol. The number of rotatable bonds is 6. The standard InChI is InChI=1S/C17H27N3OS.HI/c1-3-18-16(20-12-17(21)9-10-22-13-17)19-11-14(2)15-7-5-4-6-8-15;/h4-8,14,21H,3,9-13H2,1-2H3,(H2,18,19,20);1H. The second-order valence-electron chi connectivity index (χ2n) is 5.91. The third-order valence-electron chi connectivity index (χ3n) is 3.90. The van der Waals surface area contributed by atoms with Crippen LogP contribution in [0.5, 0.6) is 0 Å². The van der Waals surface area contributed by atoms with Crippen LogP contribution in [0.2, 0.25) is 0 Å². The maximum Gasteiger partial charge on any atom is 0.191 e. The number of nitrogens with zero attached hydrogens (tertiary/aromatic N) is 1. The van der Waals surface area contributed by atoms with E-state index < -0.39 is 5.60 Å². The van der Waals surface area contributed by atoms with Crippen LogP contribution in [0.3, 0.4) is 0 Å². The van der Waals surface area contributed by atoms with E-state index in [0.717, 1.165) is 37.0 Å². The lowest BCUT2D eigenvalue weighted by Gasteiger charge is -2.20. The number of hydrogen-bond acceptors (Lipinski definition) is 3. The highest BCUT2D eigenvalue weighted by atomic mass is 127. The summed E-state index contributed by atoms with van der Waals surface area (Å²) in [6.07, 6.45) is 0.834. The molecule has 1 fully saturated rings. The van der Waals surface area contributed by atoms with Gasteiger partial charge < -0.3 is 15.7 Å². The Balaban J connectivity index is 0.00000264. The average Bonchev–Trinajstić information content (AvgIpc) is 2.98. The molecule has 3 N–H and O–H groups in total. The highest BCUT2D eigenvalue weighted by Gasteiger charge is 2.31. The van der Waals surface area contributed by atoms with Crippen LogP contribution < -0.4 is 10.6 Å². The van der Waals surface area contributed by atoms with Crippen molar-refractivity contribution in [1.29, 1.82) is 0 Å². The number of halogens is 1. The van der Waals surface area contributed by atoms with Gasteiger partial charge in [-0.15, -0.1) is 24.0 Å². The van der Waals surface area contributed by atoms with Crippen LogP contribution in [-0.4, -0.2) is 47.8 Å². The van der Waals surface area contributed by atoms with E-state index in [9.17, 15) is 5.11 Å². The Morgan fingerprint density at radius 1 is 1.35 bits per heavy atom. The van der Waals surface area contributed by atoms with Gasteiger partial charge in [0.05, 0.1) is 12.1 Å². The molecule has 1 aromatic carbocycles. The maximum absolute atomic E-state index is 10.4. The van der Waals surface area contributed by atoms with Crippen LogP contribution in [0.4, 0.5) is 0 Å². The minimum Gasteiger partial charge on any atom is -0.387 e. The maximum atomic E-state index is 10.4. The Hall–Kier alpha value is -0.470. The molecule has 1 saturated heterocycles. The highest BCUT2D eigenvalue weighted by Crippen LogP contribution is 2.27. The Bertz CT molecular complexity index is 478. The van der Waals surface area contributed by atoms with Gasteiger partial charge in [-0.2, -0.15) is 11.8 Å². The summed E-state index contributed by atoms with van der Waals surface area (Å²) in [5, 5.41) is 17.0. The molecule has 0 amide bonds. The number of nitrogens with one attached hydrogen (secondary N) is 2. The number of aliphatic hydroxyl groups is 1. The molecule has 1 aliphatic rings. The predicted octanol–water partition coefficient (Wildman–Crippen LogP) is 2.83. The summed E-state index contributed by atoms with van der Waals surface area (Å²) in [4.78, 5) is 4.56. The predicted molar refractivity (Wildman–Crippen MR) is 111 cm³/mol. The van der Waals surface area contributed by atoms with Crippen LogP contribution >= 0.6 is 35.7 Å². The molecule has 0 aliphatic carbocycles. The Morgan fingerprint density at radius 2 is 2.09 bits per heavy atom. The molecule has 0 saturated carbocycles. The first-order valence-corrected chi connectivity index (χ1v) is 9.16. The summed E-state index contributed by atoms with van der Waals surface area (Å²) in [5.74, 6) is 3.02. The molecule has 6 heteroatoms. The molecule has 130 valence electrons. The Kier molecular flexibility index (Phi) is 9.31. The quantitative estimate of drug-likeness (QED) is 0.355. The Morgan fingerprint density at radius 3 is 2.70 bits per heavy atom. The molecule has 2 atom stereocenters. The normalized spacial score (nSPS) is 22.3. The van der Waals surface area contributed by atoms with Gasteiger partial charge >= 0.3 is 0 Å². The summed E-state index contributed by atoms with van der Waals surface area (Å²) in [6, 6.07) is 10.5. The van der Waals surface area contributed by atoms with Crippen molar-refractivity contribution in [2.75, 3.05) is 31.1 Å². The number of benzene rings is 1. The summed E-state index contributed by atoms with van der Waals surface area (Å²) in [6.45, 7) is 6.36.